The van der Waals surface area contributed by atoms with E-state index < -0.39 is 0 Å². The SMILES string of the molecule is COCCN(C(=O)c1ccc2[nH]ccc2c1)C(C)C1CC1. The fraction of sp³-hybridized carbons (Fsp3) is 0.471. The Balaban J connectivity index is 1.84. The number of hydrogen-bond donors (Lipinski definition) is 1. The summed E-state index contributed by atoms with van der Waals surface area (Å²) in [6, 6.07) is 8.12. The molecule has 1 N–H and O–H groups in total. The summed E-state index contributed by atoms with van der Waals surface area (Å²) >= 11 is 0. The molecule has 3 rings (SSSR count). The lowest BCUT2D eigenvalue weighted by Gasteiger charge is -2.29. The maximum Gasteiger partial charge on any atom is 0.254 e. The highest BCUT2D eigenvalue weighted by molar-refractivity contribution is 5.98. The summed E-state index contributed by atoms with van der Waals surface area (Å²) < 4.78 is 5.17. The van der Waals surface area contributed by atoms with Gasteiger partial charge in [-0.2, -0.15) is 0 Å². The first-order valence-corrected chi connectivity index (χ1v) is 7.57. The van der Waals surface area contributed by atoms with E-state index in [4.69, 9.17) is 4.74 Å². The van der Waals surface area contributed by atoms with E-state index in [0.717, 1.165) is 16.5 Å². The van der Waals surface area contributed by atoms with Crippen LogP contribution < -0.4 is 0 Å². The van der Waals surface area contributed by atoms with Crippen molar-refractivity contribution in [2.75, 3.05) is 20.3 Å². The van der Waals surface area contributed by atoms with Crippen LogP contribution in [0, 0.1) is 5.92 Å². The topological polar surface area (TPSA) is 45.3 Å². The van der Waals surface area contributed by atoms with Crippen LogP contribution >= 0.6 is 0 Å². The lowest BCUT2D eigenvalue weighted by Crippen LogP contribution is -2.42. The van der Waals surface area contributed by atoms with Gasteiger partial charge in [0, 0.05) is 42.4 Å². The summed E-state index contributed by atoms with van der Waals surface area (Å²) in [7, 11) is 1.68. The first-order chi connectivity index (χ1) is 10.2. The predicted molar refractivity (Wildman–Crippen MR) is 83.4 cm³/mol. The minimum absolute atomic E-state index is 0.106. The van der Waals surface area contributed by atoms with Crippen LogP contribution in [0.25, 0.3) is 10.9 Å². The number of ether oxygens (including phenoxy) is 1. The van der Waals surface area contributed by atoms with Crippen LogP contribution in [-0.2, 0) is 4.74 Å². The van der Waals surface area contributed by atoms with E-state index in [1.54, 1.807) is 7.11 Å². The maximum absolute atomic E-state index is 12.9. The molecule has 2 aromatic rings. The van der Waals surface area contributed by atoms with Crippen molar-refractivity contribution in [3.8, 4) is 0 Å². The molecule has 21 heavy (non-hydrogen) atoms. The standard InChI is InChI=1S/C17H22N2O2/c1-12(13-3-4-13)19(9-10-21-2)17(20)15-5-6-16-14(11-15)7-8-18-16/h5-8,11-13,18H,3-4,9-10H2,1-2H3. The highest BCUT2D eigenvalue weighted by Gasteiger charge is 2.34. The summed E-state index contributed by atoms with van der Waals surface area (Å²) in [5, 5.41) is 1.08. The average Bonchev–Trinajstić information content (AvgIpc) is 3.24. The molecule has 4 heteroatoms. The van der Waals surface area contributed by atoms with Crippen LogP contribution in [0.15, 0.2) is 30.5 Å². The number of fused-ring (bicyclic) bond motifs is 1. The second-order valence-corrected chi connectivity index (χ2v) is 5.85. The van der Waals surface area contributed by atoms with Crippen LogP contribution in [0.1, 0.15) is 30.1 Å². The first kappa shape index (κ1) is 14.1. The van der Waals surface area contributed by atoms with Gasteiger partial charge in [-0.15, -0.1) is 0 Å². The van der Waals surface area contributed by atoms with Crippen LogP contribution in [0.3, 0.4) is 0 Å². The van der Waals surface area contributed by atoms with E-state index in [1.165, 1.54) is 12.8 Å². The molecule has 0 radical (unpaired) electrons. The molecule has 1 fully saturated rings. The van der Waals surface area contributed by atoms with Crippen molar-refractivity contribution in [1.29, 1.82) is 0 Å². The third-order valence-corrected chi connectivity index (χ3v) is 4.39. The predicted octanol–water partition coefficient (Wildman–Crippen LogP) is 3.06. The Morgan fingerprint density at radius 3 is 2.95 bits per heavy atom. The van der Waals surface area contributed by atoms with Crippen LogP contribution in [-0.4, -0.2) is 42.1 Å². The molecule has 4 nitrogen and oxygen atoms in total. The fourth-order valence-corrected chi connectivity index (χ4v) is 2.87. The van der Waals surface area contributed by atoms with Gasteiger partial charge in [-0.3, -0.25) is 4.79 Å². The molecule has 1 unspecified atom stereocenters. The highest BCUT2D eigenvalue weighted by atomic mass is 16.5. The Hall–Kier alpha value is -1.81. The molecule has 0 saturated heterocycles. The zero-order valence-corrected chi connectivity index (χ0v) is 12.6. The number of aromatic nitrogens is 1. The van der Waals surface area contributed by atoms with E-state index >= 15 is 0 Å². The number of benzene rings is 1. The van der Waals surface area contributed by atoms with Gasteiger partial charge < -0.3 is 14.6 Å². The van der Waals surface area contributed by atoms with Crippen molar-refractivity contribution in [3.05, 3.63) is 36.0 Å². The molecule has 0 aliphatic heterocycles. The van der Waals surface area contributed by atoms with Crippen molar-refractivity contribution >= 4 is 16.8 Å². The summed E-state index contributed by atoms with van der Waals surface area (Å²) in [4.78, 5) is 18.0. The number of carbonyl (C=O) groups excluding carboxylic acids is 1. The third kappa shape index (κ3) is 2.95. The molecule has 0 spiro atoms. The van der Waals surface area contributed by atoms with Crippen LogP contribution in [0.5, 0.6) is 0 Å². The van der Waals surface area contributed by atoms with Gasteiger partial charge in [0.25, 0.3) is 5.91 Å². The second kappa shape index (κ2) is 5.90. The van der Waals surface area contributed by atoms with Crippen molar-refractivity contribution in [2.24, 2.45) is 5.92 Å². The summed E-state index contributed by atoms with van der Waals surface area (Å²) in [6.45, 7) is 3.38. The maximum atomic E-state index is 12.9. The zero-order chi connectivity index (χ0) is 14.8. The van der Waals surface area contributed by atoms with E-state index in [2.05, 4.69) is 11.9 Å². The molecule has 1 amide bonds. The Morgan fingerprint density at radius 2 is 2.24 bits per heavy atom. The van der Waals surface area contributed by atoms with Gasteiger partial charge in [-0.1, -0.05) is 0 Å². The van der Waals surface area contributed by atoms with Crippen molar-refractivity contribution in [3.63, 3.8) is 0 Å². The Bertz CT molecular complexity index is 631. The van der Waals surface area contributed by atoms with Crippen LogP contribution in [0.4, 0.5) is 0 Å². The number of hydrogen-bond acceptors (Lipinski definition) is 2. The number of amides is 1. The monoisotopic (exact) mass is 286 g/mol. The zero-order valence-electron chi connectivity index (χ0n) is 12.6. The lowest BCUT2D eigenvalue weighted by atomic mass is 10.1. The first-order valence-electron chi connectivity index (χ1n) is 7.57. The van der Waals surface area contributed by atoms with Crippen LogP contribution in [0.2, 0.25) is 0 Å². The molecule has 1 aromatic carbocycles. The number of carbonyl (C=O) groups is 1. The Labute approximate surface area is 125 Å². The van der Waals surface area contributed by atoms with Crippen molar-refractivity contribution in [1.82, 2.24) is 9.88 Å². The highest BCUT2D eigenvalue weighted by Crippen LogP contribution is 2.35. The van der Waals surface area contributed by atoms with Crippen molar-refractivity contribution in [2.45, 2.75) is 25.8 Å². The molecular weight excluding hydrogens is 264 g/mol. The minimum atomic E-state index is 0.106. The summed E-state index contributed by atoms with van der Waals surface area (Å²) in [5.74, 6) is 0.761. The minimum Gasteiger partial charge on any atom is -0.383 e. The van der Waals surface area contributed by atoms with Gasteiger partial charge in [0.2, 0.25) is 0 Å². The number of nitrogens with zero attached hydrogens (tertiary/aromatic N) is 1. The van der Waals surface area contributed by atoms with E-state index in [1.807, 2.05) is 35.4 Å². The average molecular weight is 286 g/mol. The molecule has 1 aliphatic rings. The van der Waals surface area contributed by atoms with Gasteiger partial charge in [0.05, 0.1) is 6.61 Å². The van der Waals surface area contributed by atoms with Gasteiger partial charge in [-0.05, 0) is 49.9 Å². The molecule has 1 atom stereocenters. The van der Waals surface area contributed by atoms with E-state index in [-0.39, 0.29) is 11.9 Å². The number of nitrogens with one attached hydrogen (secondary N) is 1. The van der Waals surface area contributed by atoms with E-state index in [0.29, 0.717) is 19.1 Å². The lowest BCUT2D eigenvalue weighted by molar-refractivity contribution is 0.0595. The van der Waals surface area contributed by atoms with E-state index in [9.17, 15) is 4.79 Å². The van der Waals surface area contributed by atoms with Gasteiger partial charge >= 0.3 is 0 Å². The smallest absolute Gasteiger partial charge is 0.254 e. The quantitative estimate of drug-likeness (QED) is 0.887. The van der Waals surface area contributed by atoms with Gasteiger partial charge in [0.15, 0.2) is 0 Å². The van der Waals surface area contributed by atoms with Gasteiger partial charge in [-0.25, -0.2) is 0 Å². The molecule has 112 valence electrons. The molecule has 1 saturated carbocycles. The number of rotatable bonds is 6. The summed E-state index contributed by atoms with van der Waals surface area (Å²) in [6.07, 6.45) is 4.36. The second-order valence-electron chi connectivity index (χ2n) is 5.85. The molecule has 0 bridgehead atoms. The number of methoxy groups -OCH3 is 1. The number of aromatic amines is 1. The third-order valence-electron chi connectivity index (χ3n) is 4.39. The van der Waals surface area contributed by atoms with Crippen molar-refractivity contribution < 1.29 is 9.53 Å². The Morgan fingerprint density at radius 1 is 1.43 bits per heavy atom. The molecule has 1 aliphatic carbocycles. The molecular formula is C17H22N2O2. The normalized spacial score (nSPS) is 16.1. The van der Waals surface area contributed by atoms with Gasteiger partial charge in [0.1, 0.15) is 0 Å². The number of H-pyrrole nitrogens is 1. The fourth-order valence-electron chi connectivity index (χ4n) is 2.87. The summed E-state index contributed by atoms with van der Waals surface area (Å²) in [5.41, 5.74) is 1.82. The molecule has 1 heterocycles. The Kier molecular flexibility index (Phi) is 3.97. The largest absolute Gasteiger partial charge is 0.383 e. The molecule has 1 aromatic heterocycles.